The lowest BCUT2D eigenvalue weighted by Crippen LogP contribution is -2.44. The number of nitrogens with zero attached hydrogens (tertiary/aromatic N) is 4. The lowest BCUT2D eigenvalue weighted by molar-refractivity contribution is 0.200. The van der Waals surface area contributed by atoms with Crippen molar-refractivity contribution in [3.63, 3.8) is 0 Å². The molecule has 0 unspecified atom stereocenters. The first-order valence-electron chi connectivity index (χ1n) is 17.6. The zero-order valence-corrected chi connectivity index (χ0v) is 35.2. The Balaban J connectivity index is 0.00000280. The molecule has 3 aromatic carbocycles. The molecule has 56 heavy (non-hydrogen) atoms. The fourth-order valence-corrected chi connectivity index (χ4v) is 7.04. The van der Waals surface area contributed by atoms with Gasteiger partial charge in [0.1, 0.15) is 5.75 Å². The van der Waals surface area contributed by atoms with Crippen LogP contribution in [0.15, 0.2) is 85.2 Å². The van der Waals surface area contributed by atoms with Gasteiger partial charge in [0.2, 0.25) is 11.5 Å². The van der Waals surface area contributed by atoms with E-state index >= 15 is 0 Å². The fraction of sp³-hybridized carbons (Fsp3) is 0.333. The van der Waals surface area contributed by atoms with Crippen molar-refractivity contribution in [2.45, 2.75) is 32.0 Å². The molecule has 2 aromatic heterocycles. The number of benzene rings is 3. The molecule has 0 radical (unpaired) electrons. The number of ether oxygens (including phenoxy) is 7. The summed E-state index contributed by atoms with van der Waals surface area (Å²) in [6.45, 7) is 3.41. The molecule has 1 aliphatic heterocycles. The van der Waals surface area contributed by atoms with Gasteiger partial charge in [-0.3, -0.25) is 14.9 Å². The summed E-state index contributed by atoms with van der Waals surface area (Å²) in [5.41, 5.74) is 6.85. The van der Waals surface area contributed by atoms with E-state index in [4.69, 9.17) is 38.1 Å². The summed E-state index contributed by atoms with van der Waals surface area (Å²) in [5, 5.41) is 0. The summed E-state index contributed by atoms with van der Waals surface area (Å²) >= 11 is 0. The number of halogens is 3. The molecule has 302 valence electrons. The number of hydrogen-bond acceptors (Lipinski definition) is 11. The second-order valence-corrected chi connectivity index (χ2v) is 12.7. The van der Waals surface area contributed by atoms with Gasteiger partial charge in [0.15, 0.2) is 23.0 Å². The fourth-order valence-electron chi connectivity index (χ4n) is 7.04. The van der Waals surface area contributed by atoms with E-state index in [1.165, 1.54) is 5.56 Å². The molecule has 0 spiro atoms. The van der Waals surface area contributed by atoms with E-state index in [0.29, 0.717) is 47.1 Å². The second-order valence-electron chi connectivity index (χ2n) is 12.7. The van der Waals surface area contributed by atoms with Gasteiger partial charge in [0, 0.05) is 55.7 Å². The van der Waals surface area contributed by atoms with E-state index in [2.05, 4.69) is 51.2 Å². The van der Waals surface area contributed by atoms with E-state index in [1.54, 1.807) is 49.8 Å². The highest BCUT2D eigenvalue weighted by atomic mass is 35.5. The number of likely N-dealkylation sites (tertiary alicyclic amines) is 1. The number of rotatable bonds is 15. The predicted molar refractivity (Wildman–Crippen MR) is 228 cm³/mol. The van der Waals surface area contributed by atoms with Crippen molar-refractivity contribution in [3.8, 4) is 62.8 Å². The zero-order valence-electron chi connectivity index (χ0n) is 32.8. The summed E-state index contributed by atoms with van der Waals surface area (Å²) in [6, 6.07) is 24.7. The molecule has 11 nitrogen and oxygen atoms in total. The Bertz CT molecular complexity index is 1960. The molecule has 0 bridgehead atoms. The van der Waals surface area contributed by atoms with Crippen molar-refractivity contribution in [1.82, 2.24) is 14.9 Å². The molecule has 1 fully saturated rings. The van der Waals surface area contributed by atoms with Crippen LogP contribution in [0.1, 0.15) is 24.0 Å². The smallest absolute Gasteiger partial charge is 0.203 e. The maximum Gasteiger partial charge on any atom is 0.203 e. The van der Waals surface area contributed by atoms with Crippen LogP contribution in [-0.4, -0.2) is 83.8 Å². The van der Waals surface area contributed by atoms with Crippen molar-refractivity contribution < 1.29 is 33.2 Å². The highest BCUT2D eigenvalue weighted by Crippen LogP contribution is 2.42. The number of aromatic nitrogens is 2. The monoisotopic (exact) mass is 828 g/mol. The van der Waals surface area contributed by atoms with Gasteiger partial charge >= 0.3 is 0 Å². The van der Waals surface area contributed by atoms with Gasteiger partial charge in [-0.15, -0.1) is 37.2 Å². The maximum absolute atomic E-state index is 5.88. The molecule has 0 amide bonds. The van der Waals surface area contributed by atoms with Crippen LogP contribution in [0.5, 0.6) is 40.2 Å². The Labute approximate surface area is 348 Å². The zero-order chi connectivity index (χ0) is 37.3. The first-order valence-corrected chi connectivity index (χ1v) is 17.6. The van der Waals surface area contributed by atoms with Crippen molar-refractivity contribution in [2.75, 3.05) is 67.8 Å². The van der Waals surface area contributed by atoms with Gasteiger partial charge < -0.3 is 38.1 Å². The molecule has 5 aromatic rings. The molecule has 0 aliphatic carbocycles. The van der Waals surface area contributed by atoms with E-state index in [-0.39, 0.29) is 37.2 Å². The third kappa shape index (κ3) is 10.1. The highest BCUT2D eigenvalue weighted by molar-refractivity contribution is 5.86. The minimum Gasteiger partial charge on any atom is -0.495 e. The van der Waals surface area contributed by atoms with Gasteiger partial charge in [-0.25, -0.2) is 0 Å². The van der Waals surface area contributed by atoms with Crippen LogP contribution in [0.4, 0.5) is 5.69 Å². The molecular weight excluding hydrogens is 779 g/mol. The average molecular weight is 830 g/mol. The second kappa shape index (κ2) is 21.5. The largest absolute Gasteiger partial charge is 0.495 e. The highest BCUT2D eigenvalue weighted by Gasteiger charge is 2.27. The Hall–Kier alpha value is -4.81. The normalized spacial score (nSPS) is 12.6. The first kappa shape index (κ1) is 45.6. The molecule has 0 N–H and O–H groups in total. The van der Waals surface area contributed by atoms with Crippen LogP contribution in [-0.2, 0) is 13.1 Å². The number of piperidine rings is 1. The molecule has 1 aliphatic rings. The van der Waals surface area contributed by atoms with Crippen LogP contribution in [0.2, 0.25) is 0 Å². The van der Waals surface area contributed by atoms with Gasteiger partial charge in [-0.1, -0.05) is 12.1 Å². The van der Waals surface area contributed by atoms with E-state index in [9.17, 15) is 0 Å². The van der Waals surface area contributed by atoms with Crippen molar-refractivity contribution in [2.24, 2.45) is 0 Å². The quantitative estimate of drug-likeness (QED) is 0.101. The minimum atomic E-state index is 0. The van der Waals surface area contributed by atoms with Crippen LogP contribution in [0.3, 0.4) is 0 Å². The summed E-state index contributed by atoms with van der Waals surface area (Å²) in [5.74, 6) is 4.32. The Morgan fingerprint density at radius 3 is 1.46 bits per heavy atom. The SMILES string of the molecule is COc1ccccc1N(Cc1ccnc(-c2cc(OC)c(OC)c(OC)c2)c1)C1CCN(Cc2ccnc(-c3cc(OC)c(OC)c(OC)c3)c2)CC1.Cl.Cl.Cl. The van der Waals surface area contributed by atoms with Crippen molar-refractivity contribution in [1.29, 1.82) is 0 Å². The van der Waals surface area contributed by atoms with Crippen LogP contribution in [0.25, 0.3) is 22.5 Å². The lowest BCUT2D eigenvalue weighted by atomic mass is 9.99. The lowest BCUT2D eigenvalue weighted by Gasteiger charge is -2.40. The first-order chi connectivity index (χ1) is 25.9. The number of para-hydroxylation sites is 2. The number of anilines is 1. The van der Waals surface area contributed by atoms with Crippen molar-refractivity contribution >= 4 is 42.9 Å². The summed E-state index contributed by atoms with van der Waals surface area (Å²) in [4.78, 5) is 14.4. The third-order valence-electron chi connectivity index (χ3n) is 9.72. The molecule has 1 saturated heterocycles. The number of methoxy groups -OCH3 is 7. The molecular formula is C42H51Cl3N4O7. The third-order valence-corrected chi connectivity index (χ3v) is 9.72. The van der Waals surface area contributed by atoms with Crippen LogP contribution >= 0.6 is 37.2 Å². The van der Waals surface area contributed by atoms with Gasteiger partial charge in [-0.2, -0.15) is 0 Å². The van der Waals surface area contributed by atoms with Gasteiger partial charge in [0.25, 0.3) is 0 Å². The minimum absolute atomic E-state index is 0. The Morgan fingerprint density at radius 2 is 1.00 bits per heavy atom. The Kier molecular flexibility index (Phi) is 17.5. The van der Waals surface area contributed by atoms with E-state index < -0.39 is 0 Å². The average Bonchev–Trinajstić information content (AvgIpc) is 3.22. The van der Waals surface area contributed by atoms with E-state index in [1.807, 2.05) is 48.8 Å². The van der Waals surface area contributed by atoms with Crippen molar-refractivity contribution in [3.05, 3.63) is 96.3 Å². The van der Waals surface area contributed by atoms with Crippen LogP contribution in [0, 0.1) is 0 Å². The van der Waals surface area contributed by atoms with Crippen LogP contribution < -0.4 is 38.1 Å². The maximum atomic E-state index is 5.88. The standard InChI is InChI=1S/C42H48N4O7.3ClH/c1-47-36-11-9-8-10-35(36)46(27-29-13-17-44-34(21-29)31-24-39(50-4)42(53-7)40(25-31)51-5)32-14-18-45(19-15-32)26-28-12-16-43-33(20-28)30-22-37(48-2)41(52-6)38(23-30)49-3;;;/h8-13,16-17,20-25,32H,14-15,18-19,26-27H2,1-7H3;3*1H. The Morgan fingerprint density at radius 1 is 0.554 bits per heavy atom. The topological polar surface area (TPSA) is 96.9 Å². The molecule has 0 atom stereocenters. The predicted octanol–water partition coefficient (Wildman–Crippen LogP) is 8.81. The van der Waals surface area contributed by atoms with Gasteiger partial charge in [-0.05, 0) is 84.6 Å². The van der Waals surface area contributed by atoms with E-state index in [0.717, 1.165) is 72.0 Å². The summed E-state index contributed by atoms with van der Waals surface area (Å²) in [7, 11) is 11.4. The summed E-state index contributed by atoms with van der Waals surface area (Å²) < 4.78 is 39.4. The number of hydrogen-bond donors (Lipinski definition) is 0. The molecule has 14 heteroatoms. The molecule has 6 rings (SSSR count). The number of pyridine rings is 2. The molecule has 3 heterocycles. The molecule has 0 saturated carbocycles. The summed E-state index contributed by atoms with van der Waals surface area (Å²) in [6.07, 6.45) is 5.71. The van der Waals surface area contributed by atoms with Gasteiger partial charge in [0.05, 0.1) is 66.8 Å².